The summed E-state index contributed by atoms with van der Waals surface area (Å²) < 4.78 is 0. The third-order valence-corrected chi connectivity index (χ3v) is 3.61. The number of nitrogens with zero attached hydrogens (tertiary/aromatic N) is 2. The van der Waals surface area contributed by atoms with E-state index in [1.807, 2.05) is 0 Å². The van der Waals surface area contributed by atoms with Crippen molar-refractivity contribution in [3.8, 4) is 0 Å². The molecule has 1 aromatic carbocycles. The summed E-state index contributed by atoms with van der Waals surface area (Å²) in [6, 6.07) is 6.92. The monoisotopic (exact) mass is 273 g/mol. The summed E-state index contributed by atoms with van der Waals surface area (Å²) in [5, 5.41) is 15.0. The highest BCUT2D eigenvalue weighted by Crippen LogP contribution is 2.31. The third kappa shape index (κ3) is 2.71. The van der Waals surface area contributed by atoms with Gasteiger partial charge < -0.3 is 5.32 Å². The molecule has 0 fully saturated rings. The molecule has 0 radical (unpaired) electrons. The smallest absolute Gasteiger partial charge is 0.278 e. The minimum absolute atomic E-state index is 0.0852. The first-order valence-corrected chi connectivity index (χ1v) is 6.59. The van der Waals surface area contributed by atoms with Crippen LogP contribution in [0.4, 0.5) is 11.4 Å². The summed E-state index contributed by atoms with van der Waals surface area (Å²) in [7, 11) is 0. The zero-order valence-electron chi connectivity index (χ0n) is 12.2. The van der Waals surface area contributed by atoms with Crippen molar-refractivity contribution in [2.75, 3.05) is 5.32 Å². The molecular formula is C15H19N3O2. The molecule has 1 atom stereocenters. The van der Waals surface area contributed by atoms with E-state index in [9.17, 15) is 10.1 Å². The highest BCUT2D eigenvalue weighted by Gasteiger charge is 2.22. The average molecular weight is 273 g/mol. The molecule has 2 aromatic rings. The van der Waals surface area contributed by atoms with Crippen LogP contribution in [0.15, 0.2) is 30.5 Å². The number of aromatic nitrogens is 1. The summed E-state index contributed by atoms with van der Waals surface area (Å²) in [6.07, 6.45) is 1.65. The lowest BCUT2D eigenvalue weighted by molar-refractivity contribution is -0.383. The summed E-state index contributed by atoms with van der Waals surface area (Å²) >= 11 is 0. The Balaban J connectivity index is 2.51. The molecule has 0 saturated carbocycles. The Morgan fingerprint density at radius 2 is 2.00 bits per heavy atom. The summed E-state index contributed by atoms with van der Waals surface area (Å²) in [6.45, 7) is 8.53. The maximum Gasteiger partial charge on any atom is 0.278 e. The molecule has 0 amide bonds. The molecule has 0 bridgehead atoms. The van der Waals surface area contributed by atoms with Crippen LogP contribution in [0.5, 0.6) is 0 Å². The number of nitro benzene ring substituents is 1. The van der Waals surface area contributed by atoms with Gasteiger partial charge in [0, 0.05) is 18.3 Å². The van der Waals surface area contributed by atoms with E-state index < -0.39 is 0 Å². The van der Waals surface area contributed by atoms with Gasteiger partial charge in [0.05, 0.1) is 16.0 Å². The van der Waals surface area contributed by atoms with Crippen LogP contribution in [0, 0.1) is 15.5 Å². The first-order valence-electron chi connectivity index (χ1n) is 6.59. The molecule has 20 heavy (non-hydrogen) atoms. The maximum atomic E-state index is 11.1. The molecule has 5 nitrogen and oxygen atoms in total. The fourth-order valence-corrected chi connectivity index (χ4v) is 1.88. The van der Waals surface area contributed by atoms with Gasteiger partial charge in [-0.3, -0.25) is 15.1 Å². The topological polar surface area (TPSA) is 68.1 Å². The van der Waals surface area contributed by atoms with Gasteiger partial charge in [-0.2, -0.15) is 0 Å². The van der Waals surface area contributed by atoms with Gasteiger partial charge in [0.1, 0.15) is 5.52 Å². The second-order valence-electron chi connectivity index (χ2n) is 6.02. The average Bonchev–Trinajstić information content (AvgIpc) is 2.37. The Kier molecular flexibility index (Phi) is 3.61. The zero-order chi connectivity index (χ0) is 14.9. The van der Waals surface area contributed by atoms with Crippen LogP contribution in [0.2, 0.25) is 0 Å². The molecule has 0 aliphatic heterocycles. The minimum atomic E-state index is -0.374. The molecule has 1 N–H and O–H groups in total. The Bertz CT molecular complexity index is 647. The highest BCUT2D eigenvalue weighted by molar-refractivity contribution is 5.96. The van der Waals surface area contributed by atoms with Gasteiger partial charge in [-0.15, -0.1) is 0 Å². The number of nitrogens with one attached hydrogen (secondary N) is 1. The Morgan fingerprint density at radius 3 is 2.60 bits per heavy atom. The van der Waals surface area contributed by atoms with Gasteiger partial charge in [-0.1, -0.05) is 20.8 Å². The fourth-order valence-electron chi connectivity index (χ4n) is 1.88. The van der Waals surface area contributed by atoms with Crippen LogP contribution < -0.4 is 5.32 Å². The number of rotatable bonds is 3. The number of hydrogen-bond donors (Lipinski definition) is 1. The molecule has 5 heteroatoms. The van der Waals surface area contributed by atoms with E-state index in [0.29, 0.717) is 10.9 Å². The zero-order valence-corrected chi connectivity index (χ0v) is 12.2. The predicted octanol–water partition coefficient (Wildman–Crippen LogP) is 3.99. The molecule has 0 spiro atoms. The molecule has 1 heterocycles. The molecule has 2 rings (SSSR count). The predicted molar refractivity (Wildman–Crippen MR) is 80.9 cm³/mol. The molecule has 106 valence electrons. The molecule has 1 unspecified atom stereocenters. The second-order valence-corrected chi connectivity index (χ2v) is 6.02. The van der Waals surface area contributed by atoms with E-state index in [1.165, 1.54) is 6.07 Å². The van der Waals surface area contributed by atoms with Gasteiger partial charge in [0.2, 0.25) is 0 Å². The molecule has 0 saturated heterocycles. The minimum Gasteiger partial charge on any atom is -0.380 e. The van der Waals surface area contributed by atoms with Crippen LogP contribution in [-0.2, 0) is 0 Å². The van der Waals surface area contributed by atoms with Gasteiger partial charge in [-0.25, -0.2) is 0 Å². The van der Waals surface area contributed by atoms with Crippen molar-refractivity contribution in [1.29, 1.82) is 0 Å². The van der Waals surface area contributed by atoms with Crippen LogP contribution >= 0.6 is 0 Å². The maximum absolute atomic E-state index is 11.1. The van der Waals surface area contributed by atoms with E-state index in [1.54, 1.807) is 24.4 Å². The molecule has 1 aromatic heterocycles. The first-order chi connectivity index (χ1) is 9.30. The normalized spacial score (nSPS) is 13.2. The first kappa shape index (κ1) is 14.2. The number of non-ortho nitro benzene ring substituents is 1. The van der Waals surface area contributed by atoms with E-state index >= 15 is 0 Å². The quantitative estimate of drug-likeness (QED) is 0.678. The summed E-state index contributed by atoms with van der Waals surface area (Å²) in [4.78, 5) is 15.0. The number of hydrogen-bond acceptors (Lipinski definition) is 4. The third-order valence-electron chi connectivity index (χ3n) is 3.61. The van der Waals surface area contributed by atoms with E-state index in [-0.39, 0.29) is 22.1 Å². The lowest BCUT2D eigenvalue weighted by Gasteiger charge is -2.29. The summed E-state index contributed by atoms with van der Waals surface area (Å²) in [5.74, 6) is 0. The molecule has 0 aliphatic rings. The standard InChI is InChI=1S/C15H19N3O2/c1-10(15(2,3)4)17-12-7-8-13(18(19)20)11-6-5-9-16-14(11)12/h5-10,17H,1-4H3. The lowest BCUT2D eigenvalue weighted by Crippen LogP contribution is -2.30. The second kappa shape index (κ2) is 5.07. The van der Waals surface area contributed by atoms with Crippen LogP contribution in [0.1, 0.15) is 27.7 Å². The Morgan fingerprint density at radius 1 is 1.30 bits per heavy atom. The van der Waals surface area contributed by atoms with Crippen molar-refractivity contribution in [1.82, 2.24) is 4.98 Å². The Labute approximate surface area is 118 Å². The van der Waals surface area contributed by atoms with Crippen molar-refractivity contribution in [2.45, 2.75) is 33.7 Å². The van der Waals surface area contributed by atoms with Crippen molar-refractivity contribution in [3.63, 3.8) is 0 Å². The molecular weight excluding hydrogens is 254 g/mol. The highest BCUT2D eigenvalue weighted by atomic mass is 16.6. The number of anilines is 1. The van der Waals surface area contributed by atoms with Crippen LogP contribution in [-0.4, -0.2) is 15.9 Å². The van der Waals surface area contributed by atoms with E-state index in [4.69, 9.17) is 0 Å². The van der Waals surface area contributed by atoms with Gasteiger partial charge >= 0.3 is 0 Å². The van der Waals surface area contributed by atoms with E-state index in [0.717, 1.165) is 5.69 Å². The number of pyridine rings is 1. The SMILES string of the molecule is CC(Nc1ccc([N+](=O)[O-])c2cccnc12)C(C)(C)C. The van der Waals surface area contributed by atoms with Crippen molar-refractivity contribution >= 4 is 22.3 Å². The lowest BCUT2D eigenvalue weighted by atomic mass is 9.88. The molecule has 0 aliphatic carbocycles. The number of fused-ring (bicyclic) bond motifs is 1. The van der Waals surface area contributed by atoms with Crippen molar-refractivity contribution in [3.05, 3.63) is 40.6 Å². The van der Waals surface area contributed by atoms with E-state index in [2.05, 4.69) is 38.0 Å². The van der Waals surface area contributed by atoms with Crippen molar-refractivity contribution < 1.29 is 4.92 Å². The number of benzene rings is 1. The summed E-state index contributed by atoms with van der Waals surface area (Å²) in [5.41, 5.74) is 1.64. The van der Waals surface area contributed by atoms with Crippen LogP contribution in [0.25, 0.3) is 10.9 Å². The van der Waals surface area contributed by atoms with Gasteiger partial charge in [-0.05, 0) is 30.5 Å². The van der Waals surface area contributed by atoms with Gasteiger partial charge in [0.25, 0.3) is 5.69 Å². The largest absolute Gasteiger partial charge is 0.380 e. The van der Waals surface area contributed by atoms with Gasteiger partial charge in [0.15, 0.2) is 0 Å². The van der Waals surface area contributed by atoms with Crippen LogP contribution in [0.3, 0.4) is 0 Å². The fraction of sp³-hybridized carbons (Fsp3) is 0.400. The Hall–Kier alpha value is -2.17. The number of nitro groups is 1. The van der Waals surface area contributed by atoms with Crippen molar-refractivity contribution in [2.24, 2.45) is 5.41 Å².